The number of nitrogens with one attached hydrogen (secondary N) is 2. The molecular weight excluding hydrogens is 340 g/mol. The molecule has 2 rings (SSSR count). The molecule has 0 aliphatic heterocycles. The van der Waals surface area contributed by atoms with Crippen molar-refractivity contribution in [1.82, 2.24) is 9.88 Å². The van der Waals surface area contributed by atoms with Crippen LogP contribution in [0.5, 0.6) is 0 Å². The predicted octanol–water partition coefficient (Wildman–Crippen LogP) is 2.81. The summed E-state index contributed by atoms with van der Waals surface area (Å²) in [6.45, 7) is 2.20. The number of aromatic nitrogens is 1. The van der Waals surface area contributed by atoms with Crippen molar-refractivity contribution >= 4 is 34.8 Å². The number of hydrogen-bond donors (Lipinski definition) is 2. The van der Waals surface area contributed by atoms with Crippen LogP contribution in [-0.4, -0.2) is 41.8 Å². The molecule has 0 fully saturated rings. The number of rotatable bonds is 7. The topological polar surface area (TPSA) is 74.3 Å². The predicted molar refractivity (Wildman–Crippen MR) is 99.8 cm³/mol. The van der Waals surface area contributed by atoms with Crippen molar-refractivity contribution < 1.29 is 9.59 Å². The average Bonchev–Trinajstić information content (AvgIpc) is 2.57. The Kier molecular flexibility index (Phi) is 6.91. The number of halogens is 1. The Bertz CT molecular complexity index is 751. The van der Waals surface area contributed by atoms with Crippen LogP contribution in [0, 0.1) is 0 Å². The number of pyridine rings is 1. The van der Waals surface area contributed by atoms with E-state index in [9.17, 15) is 9.59 Å². The maximum atomic E-state index is 12.2. The van der Waals surface area contributed by atoms with Crippen LogP contribution in [0.25, 0.3) is 0 Å². The van der Waals surface area contributed by atoms with Crippen LogP contribution in [-0.2, 0) is 16.0 Å². The Labute approximate surface area is 152 Å². The first kappa shape index (κ1) is 18.9. The number of carbonyl (C=O) groups is 2. The lowest BCUT2D eigenvalue weighted by Crippen LogP contribution is -2.36. The van der Waals surface area contributed by atoms with Gasteiger partial charge in [0.25, 0.3) is 0 Å². The zero-order chi connectivity index (χ0) is 18.2. The molecule has 0 bridgehead atoms. The largest absolute Gasteiger partial charge is 0.325 e. The monoisotopic (exact) mass is 360 g/mol. The maximum absolute atomic E-state index is 12.2. The molecule has 132 valence electrons. The summed E-state index contributed by atoms with van der Waals surface area (Å²) in [7, 11) is 1.70. The fraction of sp³-hybridized carbons (Fsp3) is 0.278. The molecule has 0 saturated heterocycles. The number of amides is 2. The molecule has 0 spiro atoms. The summed E-state index contributed by atoms with van der Waals surface area (Å²) in [6, 6.07) is 11.0. The summed E-state index contributed by atoms with van der Waals surface area (Å²) < 4.78 is 0. The Hall–Kier alpha value is -2.44. The summed E-state index contributed by atoms with van der Waals surface area (Å²) in [5, 5.41) is 5.79. The van der Waals surface area contributed by atoms with Crippen LogP contribution in [0.15, 0.2) is 42.6 Å². The number of carbonyl (C=O) groups excluding carboxylic acids is 2. The first-order valence-electron chi connectivity index (χ1n) is 7.96. The van der Waals surface area contributed by atoms with Gasteiger partial charge in [-0.15, -0.1) is 0 Å². The smallest absolute Gasteiger partial charge is 0.238 e. The number of benzene rings is 1. The average molecular weight is 361 g/mol. The molecule has 0 saturated carbocycles. The van der Waals surface area contributed by atoms with Crippen LogP contribution in [0.1, 0.15) is 12.5 Å². The van der Waals surface area contributed by atoms with E-state index in [1.165, 1.54) is 0 Å². The highest BCUT2D eigenvalue weighted by Gasteiger charge is 2.13. The number of nitrogens with zero attached hydrogens (tertiary/aromatic N) is 2. The van der Waals surface area contributed by atoms with Gasteiger partial charge in [-0.3, -0.25) is 14.5 Å². The highest BCUT2D eigenvalue weighted by atomic mass is 35.5. The lowest BCUT2D eigenvalue weighted by molar-refractivity contribution is -0.119. The molecule has 2 N–H and O–H groups in total. The minimum Gasteiger partial charge on any atom is -0.325 e. The minimum absolute atomic E-state index is 0.0636. The van der Waals surface area contributed by atoms with E-state index in [-0.39, 0.29) is 30.1 Å². The van der Waals surface area contributed by atoms with Gasteiger partial charge >= 0.3 is 0 Å². The van der Waals surface area contributed by atoms with Crippen LogP contribution in [0.3, 0.4) is 0 Å². The molecule has 1 aromatic carbocycles. The van der Waals surface area contributed by atoms with Gasteiger partial charge in [-0.1, -0.05) is 36.7 Å². The van der Waals surface area contributed by atoms with E-state index in [0.29, 0.717) is 5.69 Å². The maximum Gasteiger partial charge on any atom is 0.238 e. The van der Waals surface area contributed by atoms with Gasteiger partial charge in [0.05, 0.1) is 18.8 Å². The van der Waals surface area contributed by atoms with Crippen molar-refractivity contribution in [2.24, 2.45) is 0 Å². The third kappa shape index (κ3) is 5.85. The van der Waals surface area contributed by atoms with Crippen molar-refractivity contribution in [2.75, 3.05) is 30.8 Å². The van der Waals surface area contributed by atoms with Crippen molar-refractivity contribution in [3.63, 3.8) is 0 Å². The second-order valence-corrected chi connectivity index (χ2v) is 5.98. The fourth-order valence-corrected chi connectivity index (χ4v) is 2.52. The summed E-state index contributed by atoms with van der Waals surface area (Å²) in [5.41, 5.74) is 2.32. The summed E-state index contributed by atoms with van der Waals surface area (Å²) in [6.07, 6.45) is 2.38. The minimum atomic E-state index is -0.265. The van der Waals surface area contributed by atoms with Crippen molar-refractivity contribution in [3.8, 4) is 0 Å². The van der Waals surface area contributed by atoms with Gasteiger partial charge in [0.1, 0.15) is 0 Å². The number of likely N-dealkylation sites (N-methyl/N-ethyl adjacent to an activating group) is 1. The van der Waals surface area contributed by atoms with Crippen LogP contribution in [0.4, 0.5) is 11.4 Å². The lowest BCUT2D eigenvalue weighted by atomic mass is 10.1. The summed E-state index contributed by atoms with van der Waals surface area (Å²) >= 11 is 5.90. The number of anilines is 2. The third-order valence-corrected chi connectivity index (χ3v) is 3.83. The quantitative estimate of drug-likeness (QED) is 0.744. The molecule has 0 aliphatic carbocycles. The zero-order valence-corrected chi connectivity index (χ0v) is 15.0. The number of aryl methyl sites for hydroxylation is 1. The second-order valence-electron chi connectivity index (χ2n) is 5.62. The number of para-hydroxylation sites is 1. The molecule has 0 atom stereocenters. The molecule has 0 unspecified atom stereocenters. The summed E-state index contributed by atoms with van der Waals surface area (Å²) in [4.78, 5) is 29.7. The zero-order valence-electron chi connectivity index (χ0n) is 14.3. The molecule has 6 nitrogen and oxygen atoms in total. The molecule has 2 aromatic rings. The number of hydrogen-bond acceptors (Lipinski definition) is 4. The Morgan fingerprint density at radius 2 is 1.64 bits per heavy atom. The Morgan fingerprint density at radius 1 is 1.04 bits per heavy atom. The first-order chi connectivity index (χ1) is 12.0. The van der Waals surface area contributed by atoms with Gasteiger partial charge < -0.3 is 10.6 Å². The van der Waals surface area contributed by atoms with E-state index < -0.39 is 0 Å². The lowest BCUT2D eigenvalue weighted by Gasteiger charge is -2.17. The van der Waals surface area contributed by atoms with Crippen LogP contribution in [0.2, 0.25) is 5.15 Å². The van der Waals surface area contributed by atoms with Crippen molar-refractivity contribution in [1.29, 1.82) is 0 Å². The Morgan fingerprint density at radius 3 is 2.28 bits per heavy atom. The van der Waals surface area contributed by atoms with E-state index in [2.05, 4.69) is 15.6 Å². The van der Waals surface area contributed by atoms with E-state index in [1.807, 2.05) is 31.2 Å². The third-order valence-electron chi connectivity index (χ3n) is 3.53. The van der Waals surface area contributed by atoms with Crippen LogP contribution >= 0.6 is 11.6 Å². The standard InChI is InChI=1S/C18H21ClN4O2/c1-3-13-7-4-5-8-14(13)21-16(24)11-23(2)12-17(25)22-15-9-6-10-20-18(15)19/h4-10H,3,11-12H2,1-2H3,(H,21,24)(H,22,25). The van der Waals surface area contributed by atoms with Gasteiger partial charge in [-0.25, -0.2) is 4.98 Å². The van der Waals surface area contributed by atoms with Gasteiger partial charge in [0.2, 0.25) is 11.8 Å². The SMILES string of the molecule is CCc1ccccc1NC(=O)CN(C)CC(=O)Nc1cccnc1Cl. The molecular formula is C18H21ClN4O2. The highest BCUT2D eigenvalue weighted by Crippen LogP contribution is 2.17. The molecule has 2 amide bonds. The molecule has 25 heavy (non-hydrogen) atoms. The van der Waals surface area contributed by atoms with Crippen LogP contribution < -0.4 is 10.6 Å². The molecule has 0 aliphatic rings. The molecule has 1 aromatic heterocycles. The normalized spacial score (nSPS) is 10.6. The van der Waals surface area contributed by atoms with E-state index in [4.69, 9.17) is 11.6 Å². The summed E-state index contributed by atoms with van der Waals surface area (Å²) in [5.74, 6) is -0.435. The van der Waals surface area contributed by atoms with Gasteiger partial charge in [-0.05, 0) is 37.2 Å². The van der Waals surface area contributed by atoms with E-state index >= 15 is 0 Å². The van der Waals surface area contributed by atoms with Crippen molar-refractivity contribution in [2.45, 2.75) is 13.3 Å². The van der Waals surface area contributed by atoms with Gasteiger partial charge in [0, 0.05) is 11.9 Å². The van der Waals surface area contributed by atoms with Gasteiger partial charge in [-0.2, -0.15) is 0 Å². The van der Waals surface area contributed by atoms with Crippen molar-refractivity contribution in [3.05, 3.63) is 53.3 Å². The van der Waals surface area contributed by atoms with E-state index in [0.717, 1.165) is 17.7 Å². The highest BCUT2D eigenvalue weighted by molar-refractivity contribution is 6.32. The van der Waals surface area contributed by atoms with Gasteiger partial charge in [0.15, 0.2) is 5.15 Å². The second kappa shape index (κ2) is 9.15. The molecule has 1 heterocycles. The first-order valence-corrected chi connectivity index (χ1v) is 8.34. The Balaban J connectivity index is 1.85. The fourth-order valence-electron chi connectivity index (χ4n) is 2.36. The van der Waals surface area contributed by atoms with E-state index in [1.54, 1.807) is 30.3 Å². The molecule has 7 heteroatoms. The molecule has 0 radical (unpaired) electrons.